The highest BCUT2D eigenvalue weighted by atomic mass is 16.5. The molecule has 0 aliphatic heterocycles. The van der Waals surface area contributed by atoms with Gasteiger partial charge < -0.3 is 9.47 Å². The summed E-state index contributed by atoms with van der Waals surface area (Å²) in [6.07, 6.45) is 19.2. The fraction of sp³-hybridized carbons (Fsp3) is 1.00. The molecule has 0 aliphatic rings. The quantitative estimate of drug-likeness (QED) is 0.151. The molecule has 0 heterocycles. The molecule has 0 saturated carbocycles. The zero-order valence-electron chi connectivity index (χ0n) is 23.9. The summed E-state index contributed by atoms with van der Waals surface area (Å²) in [4.78, 5) is 0. The molecule has 0 bridgehead atoms. The Kier molecular flexibility index (Phi) is 18.2. The largest absolute Gasteiger partial charge is 0.378 e. The number of hydrogen-bond acceptors (Lipinski definition) is 2. The predicted molar refractivity (Wildman–Crippen MR) is 144 cm³/mol. The van der Waals surface area contributed by atoms with Gasteiger partial charge in [0.15, 0.2) is 0 Å². The van der Waals surface area contributed by atoms with E-state index in [1.807, 2.05) is 0 Å². The van der Waals surface area contributed by atoms with Crippen molar-refractivity contribution in [3.63, 3.8) is 0 Å². The second-order valence-electron chi connectivity index (χ2n) is 11.4. The first kappa shape index (κ1) is 31.9. The molecule has 2 heteroatoms. The highest BCUT2D eigenvalue weighted by Gasteiger charge is 2.46. The number of unbranched alkanes of at least 4 members (excludes halogenated alkanes) is 10. The fourth-order valence-electron chi connectivity index (χ4n) is 5.48. The molecule has 2 nitrogen and oxygen atoms in total. The first-order chi connectivity index (χ1) is 15.2. The molecule has 0 fully saturated rings. The van der Waals surface area contributed by atoms with E-state index in [2.05, 4.69) is 62.3 Å². The minimum absolute atomic E-state index is 0.124. The van der Waals surface area contributed by atoms with Gasteiger partial charge in [-0.15, -0.1) is 0 Å². The third-order valence-corrected chi connectivity index (χ3v) is 8.27. The van der Waals surface area contributed by atoms with Crippen LogP contribution in [0.15, 0.2) is 0 Å². The normalized spacial score (nSPS) is 15.7. The van der Waals surface area contributed by atoms with Crippen molar-refractivity contribution in [3.8, 4) is 0 Å². The van der Waals surface area contributed by atoms with Crippen molar-refractivity contribution in [3.05, 3.63) is 0 Å². The monoisotopic (exact) mass is 454 g/mol. The van der Waals surface area contributed by atoms with Gasteiger partial charge in [-0.05, 0) is 43.4 Å². The molecule has 0 aromatic rings. The van der Waals surface area contributed by atoms with Gasteiger partial charge in [0.25, 0.3) is 0 Å². The van der Waals surface area contributed by atoms with Gasteiger partial charge in [-0.2, -0.15) is 0 Å². The van der Waals surface area contributed by atoms with Gasteiger partial charge in [-0.1, -0.05) is 126 Å². The second kappa shape index (κ2) is 18.3. The van der Waals surface area contributed by atoms with Crippen LogP contribution >= 0.6 is 0 Å². The molecule has 0 radical (unpaired) electrons. The zero-order chi connectivity index (χ0) is 24.5. The Hall–Kier alpha value is -0.0800. The van der Waals surface area contributed by atoms with Crippen LogP contribution in [0.2, 0.25) is 0 Å². The molecule has 0 N–H and O–H groups in total. The first-order valence-corrected chi connectivity index (χ1v) is 14.4. The lowest BCUT2D eigenvalue weighted by Crippen LogP contribution is -2.48. The van der Waals surface area contributed by atoms with Gasteiger partial charge in [0, 0.05) is 13.2 Å². The third-order valence-electron chi connectivity index (χ3n) is 8.27. The molecule has 0 aromatic carbocycles. The molecule has 0 saturated heterocycles. The van der Waals surface area contributed by atoms with Crippen molar-refractivity contribution in [2.45, 2.75) is 164 Å². The number of ether oxygens (including phenoxy) is 2. The molecule has 0 aromatic heterocycles. The molecular weight excluding hydrogens is 392 g/mol. The maximum Gasteiger partial charge on any atom is 0.0628 e. The molecule has 0 aliphatic carbocycles. The average Bonchev–Trinajstić information content (AvgIpc) is 2.76. The fourth-order valence-corrected chi connectivity index (χ4v) is 5.48. The summed E-state index contributed by atoms with van der Waals surface area (Å²) >= 11 is 0. The first-order valence-electron chi connectivity index (χ1n) is 14.4. The summed E-state index contributed by atoms with van der Waals surface area (Å²) in [6, 6.07) is 0. The van der Waals surface area contributed by atoms with Gasteiger partial charge in [0.1, 0.15) is 0 Å². The molecule has 2 atom stereocenters. The van der Waals surface area contributed by atoms with Gasteiger partial charge >= 0.3 is 0 Å². The summed E-state index contributed by atoms with van der Waals surface area (Å²) < 4.78 is 12.8. The van der Waals surface area contributed by atoms with E-state index in [9.17, 15) is 0 Å². The van der Waals surface area contributed by atoms with Gasteiger partial charge in [0.2, 0.25) is 0 Å². The second-order valence-corrected chi connectivity index (χ2v) is 11.4. The molecular formula is C30H62O2. The van der Waals surface area contributed by atoms with Crippen molar-refractivity contribution < 1.29 is 9.47 Å². The third kappa shape index (κ3) is 11.9. The molecule has 0 rings (SSSR count). The van der Waals surface area contributed by atoms with Crippen LogP contribution in [0.4, 0.5) is 0 Å². The molecule has 0 amide bonds. The van der Waals surface area contributed by atoms with Gasteiger partial charge in [-0.3, -0.25) is 0 Å². The highest BCUT2D eigenvalue weighted by Crippen LogP contribution is 2.48. The summed E-state index contributed by atoms with van der Waals surface area (Å²) in [5, 5.41) is 0. The SMILES string of the molecule is CCCCCCCCC(OCC)C(C)(C)C(C)C(C)(C)C(CCCCCCCC)OCC. The molecule has 194 valence electrons. The van der Waals surface area contributed by atoms with Crippen LogP contribution < -0.4 is 0 Å². The Morgan fingerprint density at radius 1 is 0.500 bits per heavy atom. The lowest BCUT2D eigenvalue weighted by atomic mass is 9.60. The summed E-state index contributed by atoms with van der Waals surface area (Å²) in [5.41, 5.74) is 0.249. The zero-order valence-corrected chi connectivity index (χ0v) is 23.9. The van der Waals surface area contributed by atoms with E-state index in [-0.39, 0.29) is 10.8 Å². The topological polar surface area (TPSA) is 18.5 Å². The van der Waals surface area contributed by atoms with E-state index in [0.29, 0.717) is 18.1 Å². The van der Waals surface area contributed by atoms with E-state index in [0.717, 1.165) is 13.2 Å². The van der Waals surface area contributed by atoms with Crippen LogP contribution in [-0.2, 0) is 9.47 Å². The van der Waals surface area contributed by atoms with E-state index in [1.165, 1.54) is 89.9 Å². The van der Waals surface area contributed by atoms with Crippen LogP contribution in [0.25, 0.3) is 0 Å². The van der Waals surface area contributed by atoms with Gasteiger partial charge in [-0.25, -0.2) is 0 Å². The Labute approximate surface area is 204 Å². The van der Waals surface area contributed by atoms with Crippen molar-refractivity contribution in [1.29, 1.82) is 0 Å². The standard InChI is InChI=1S/C30H62O2/c1-10-14-16-18-20-22-24-27(31-12-3)29(6,7)26(5)30(8,9)28(32-13-4)25-23-21-19-17-15-11-2/h26-28H,10-25H2,1-9H3. The van der Waals surface area contributed by atoms with Crippen LogP contribution in [0.1, 0.15) is 152 Å². The average molecular weight is 455 g/mol. The summed E-state index contributed by atoms with van der Waals surface area (Å²) in [7, 11) is 0. The van der Waals surface area contributed by atoms with E-state index in [1.54, 1.807) is 0 Å². The summed E-state index contributed by atoms with van der Waals surface area (Å²) in [5.74, 6) is 0.517. The minimum atomic E-state index is 0.124. The maximum absolute atomic E-state index is 6.39. The van der Waals surface area contributed by atoms with Crippen LogP contribution in [0.5, 0.6) is 0 Å². The number of rotatable bonds is 22. The Bertz CT molecular complexity index is 377. The Morgan fingerprint density at radius 3 is 1.12 bits per heavy atom. The Balaban J connectivity index is 5.03. The van der Waals surface area contributed by atoms with Crippen LogP contribution in [0.3, 0.4) is 0 Å². The Morgan fingerprint density at radius 2 is 0.812 bits per heavy atom. The van der Waals surface area contributed by atoms with Crippen LogP contribution in [0, 0.1) is 16.7 Å². The van der Waals surface area contributed by atoms with Crippen LogP contribution in [-0.4, -0.2) is 25.4 Å². The van der Waals surface area contributed by atoms with E-state index in [4.69, 9.17) is 9.47 Å². The van der Waals surface area contributed by atoms with Crippen molar-refractivity contribution >= 4 is 0 Å². The molecule has 2 unspecified atom stereocenters. The lowest BCUT2D eigenvalue weighted by molar-refractivity contribution is -0.120. The van der Waals surface area contributed by atoms with Gasteiger partial charge in [0.05, 0.1) is 12.2 Å². The maximum atomic E-state index is 6.39. The molecule has 32 heavy (non-hydrogen) atoms. The molecule has 0 spiro atoms. The minimum Gasteiger partial charge on any atom is -0.378 e. The van der Waals surface area contributed by atoms with E-state index < -0.39 is 0 Å². The summed E-state index contributed by atoms with van der Waals surface area (Å²) in [6.45, 7) is 22.8. The van der Waals surface area contributed by atoms with Crippen molar-refractivity contribution in [2.75, 3.05) is 13.2 Å². The number of hydrogen-bond donors (Lipinski definition) is 0. The van der Waals surface area contributed by atoms with E-state index >= 15 is 0 Å². The highest BCUT2D eigenvalue weighted by molar-refractivity contribution is 4.95. The smallest absolute Gasteiger partial charge is 0.0628 e. The van der Waals surface area contributed by atoms with Crippen molar-refractivity contribution in [1.82, 2.24) is 0 Å². The van der Waals surface area contributed by atoms with Crippen molar-refractivity contribution in [2.24, 2.45) is 16.7 Å². The predicted octanol–water partition coefficient (Wildman–Crippen LogP) is 9.99. The lowest BCUT2D eigenvalue weighted by Gasteiger charge is -2.49.